The van der Waals surface area contributed by atoms with Crippen LogP contribution in [0.15, 0.2) is 82.3 Å². The Balaban J connectivity index is 0.981. The van der Waals surface area contributed by atoms with Crippen LogP contribution in [0.4, 0.5) is 10.6 Å². The largest absolute Gasteiger partial charge is 0.477 e. The van der Waals surface area contributed by atoms with Crippen LogP contribution in [0.2, 0.25) is 0 Å². The van der Waals surface area contributed by atoms with Crippen LogP contribution in [0.5, 0.6) is 0 Å². The number of thiazole rings is 6. The van der Waals surface area contributed by atoms with Gasteiger partial charge in [-0.1, -0.05) is 50.6 Å². The molecule has 9 aromatic rings. The molecule has 6 amide bonds. The minimum Gasteiger partial charge on any atom is -0.477 e. The Morgan fingerprint density at radius 2 is 1.44 bits per heavy atom. The number of methoxy groups -OCH3 is 1. The van der Waals surface area contributed by atoms with Gasteiger partial charge in [0.15, 0.2) is 0 Å². The number of amides is 6. The highest BCUT2D eigenvalue weighted by molar-refractivity contribution is 7.15. The smallest absolute Gasteiger partial charge is 0.416 e. The van der Waals surface area contributed by atoms with E-state index in [2.05, 4.69) is 31.6 Å². The Morgan fingerprint density at radius 1 is 0.703 bits per heavy atom. The van der Waals surface area contributed by atoms with Crippen molar-refractivity contribution in [1.29, 1.82) is 0 Å². The zero-order valence-corrected chi connectivity index (χ0v) is 54.5. The quantitative estimate of drug-likeness (QED) is 0.0625. The number of carboxylic acids is 1. The molecule has 8 aromatic heterocycles. The van der Waals surface area contributed by atoms with Crippen LogP contribution in [-0.2, 0) is 38.6 Å². The Kier molecular flexibility index (Phi) is 20.1. The van der Waals surface area contributed by atoms with Gasteiger partial charge in [0.2, 0.25) is 11.8 Å². The topological polar surface area (TPSA) is 325 Å². The summed E-state index contributed by atoms with van der Waals surface area (Å²) >= 11 is 7.40. The van der Waals surface area contributed by atoms with Crippen molar-refractivity contribution in [1.82, 2.24) is 66.5 Å². The third kappa shape index (κ3) is 15.1. The number of nitrogens with one attached hydrogen (secondary N) is 5. The number of nitrogens with zero attached hydrogens (tertiary/aromatic N) is 9. The maximum Gasteiger partial charge on any atom is 0.416 e. The molecular weight excluding hydrogens is 1280 g/mol. The Bertz CT molecular complexity index is 4170. The number of fused-ring (bicyclic) bond motifs is 14. The molecule has 24 nitrogen and oxygen atoms in total. The minimum atomic E-state index is -1.22. The third-order valence-electron chi connectivity index (χ3n) is 14.8. The average Bonchev–Trinajstić information content (AvgIpc) is 1.80. The second kappa shape index (κ2) is 28.7. The predicted octanol–water partition coefficient (Wildman–Crippen LogP) is 10.4. The number of carbonyl (C=O) groups is 7. The molecule has 1 saturated carbocycles. The standard InChI is InChI=1S/C61H60N14O10S6/c1-30(2)47-59-74-50(43(91-59)25-84-5)52(79)64-23-46(77)65-37(20-32-12-8-6-9-13-32)56-70-42(28-88-56)57-68-40(26-87-57)49-35(54-69-41(27-86-54)51(78)67-38(22-45(76)62-4)58-73-48(31(3)90-58)53(80)72-47)16-17-36(66-49)55-71-44(29-89-55)75(61(83)85-34-14-10-7-11-15-34)24-33-18-19-63-39(21-33)60(81)82/h6,8-9,12-13,16-19,21,26-30,34,37-38,47H,7,10-11,14-15,20,22-25H2,1-5H3,(H,62,76)(H,64,79)(H,65,77)(H,67,78)(H,72,80)(H,81,82)/t37-,38-,47?/m0/s1. The van der Waals surface area contributed by atoms with Gasteiger partial charge in [-0.25, -0.2) is 49.5 Å². The maximum absolute atomic E-state index is 14.4. The van der Waals surface area contributed by atoms with E-state index < -0.39 is 66.3 Å². The van der Waals surface area contributed by atoms with Crippen LogP contribution in [0.1, 0.15) is 148 Å². The summed E-state index contributed by atoms with van der Waals surface area (Å²) < 4.78 is 11.5. The van der Waals surface area contributed by atoms with Gasteiger partial charge >= 0.3 is 12.1 Å². The van der Waals surface area contributed by atoms with Crippen LogP contribution < -0.4 is 31.5 Å². The van der Waals surface area contributed by atoms with Crippen molar-refractivity contribution in [2.24, 2.45) is 5.92 Å². The fraction of sp³-hybridized carbons (Fsp3) is 0.328. The molecule has 10 bridgehead atoms. The van der Waals surface area contributed by atoms with Crippen LogP contribution in [0.3, 0.4) is 0 Å². The van der Waals surface area contributed by atoms with E-state index in [4.69, 9.17) is 44.4 Å². The highest BCUT2D eigenvalue weighted by Crippen LogP contribution is 2.40. The molecule has 1 aliphatic carbocycles. The van der Waals surface area contributed by atoms with E-state index in [9.17, 15) is 38.7 Å². The molecule has 30 heteroatoms. The Morgan fingerprint density at radius 3 is 2.21 bits per heavy atom. The molecule has 1 aromatic carbocycles. The second-order valence-corrected chi connectivity index (χ2v) is 27.5. The number of hydrogen-bond acceptors (Lipinski definition) is 23. The van der Waals surface area contributed by atoms with Gasteiger partial charge in [-0.2, -0.15) is 0 Å². The molecular formula is C61H60N14O10S6. The molecule has 470 valence electrons. The number of rotatable bonds is 13. The van der Waals surface area contributed by atoms with Crippen molar-refractivity contribution in [3.63, 3.8) is 0 Å². The molecule has 2 aliphatic rings. The van der Waals surface area contributed by atoms with Crippen molar-refractivity contribution in [3.8, 4) is 43.4 Å². The number of aromatic carboxylic acids is 1. The summed E-state index contributed by atoms with van der Waals surface area (Å²) in [5, 5.41) is 33.8. The number of carboxylic acid groups (broad SMARTS) is 1. The fourth-order valence-electron chi connectivity index (χ4n) is 10.2. The van der Waals surface area contributed by atoms with Crippen LogP contribution >= 0.6 is 68.0 Å². The highest BCUT2D eigenvalue weighted by atomic mass is 32.1. The van der Waals surface area contributed by atoms with E-state index in [0.29, 0.717) is 80.1 Å². The number of anilines is 1. The molecule has 91 heavy (non-hydrogen) atoms. The molecule has 1 aliphatic heterocycles. The molecule has 1 fully saturated rings. The van der Waals surface area contributed by atoms with Gasteiger partial charge in [0.05, 0.1) is 54.8 Å². The summed E-state index contributed by atoms with van der Waals surface area (Å²) in [5.41, 5.74) is 3.59. The lowest BCUT2D eigenvalue weighted by atomic mass is 9.98. The van der Waals surface area contributed by atoms with Gasteiger partial charge in [-0.3, -0.25) is 28.9 Å². The van der Waals surface area contributed by atoms with E-state index in [1.807, 2.05) is 54.9 Å². The van der Waals surface area contributed by atoms with Gasteiger partial charge in [-0.05, 0) is 80.3 Å². The van der Waals surface area contributed by atoms with Gasteiger partial charge in [-0.15, -0.1) is 68.0 Å². The average molecular weight is 1340 g/mol. The lowest BCUT2D eigenvalue weighted by molar-refractivity contribution is -0.121. The predicted molar refractivity (Wildman–Crippen MR) is 346 cm³/mol. The summed E-state index contributed by atoms with van der Waals surface area (Å²) in [5.74, 6) is -3.87. The number of aromatic nitrogens is 8. The van der Waals surface area contributed by atoms with Crippen molar-refractivity contribution >= 4 is 115 Å². The van der Waals surface area contributed by atoms with Gasteiger partial charge in [0.25, 0.3) is 17.7 Å². The van der Waals surface area contributed by atoms with Gasteiger partial charge in [0.1, 0.15) is 81.8 Å². The van der Waals surface area contributed by atoms with E-state index >= 15 is 0 Å². The third-order valence-corrected chi connectivity index (χ3v) is 20.6. The van der Waals surface area contributed by atoms with E-state index in [1.54, 1.807) is 35.9 Å². The van der Waals surface area contributed by atoms with Crippen molar-refractivity contribution in [3.05, 3.63) is 141 Å². The monoisotopic (exact) mass is 1340 g/mol. The molecule has 11 rings (SSSR count). The number of pyridine rings is 2. The summed E-state index contributed by atoms with van der Waals surface area (Å²) in [6, 6.07) is 13.9. The lowest BCUT2D eigenvalue weighted by Gasteiger charge is -2.26. The summed E-state index contributed by atoms with van der Waals surface area (Å²) in [6.45, 7) is 5.07. The molecule has 3 atom stereocenters. The molecule has 0 spiro atoms. The van der Waals surface area contributed by atoms with Crippen molar-refractivity contribution < 1.29 is 48.1 Å². The number of ether oxygens (including phenoxy) is 2. The molecule has 0 radical (unpaired) electrons. The molecule has 6 N–H and O–H groups in total. The highest BCUT2D eigenvalue weighted by Gasteiger charge is 2.33. The van der Waals surface area contributed by atoms with E-state index in [1.165, 1.54) is 88.0 Å². The number of aryl methyl sites for hydroxylation is 1. The summed E-state index contributed by atoms with van der Waals surface area (Å²) in [7, 11) is 2.96. The Labute approximate surface area is 545 Å². The van der Waals surface area contributed by atoms with Gasteiger partial charge < -0.3 is 41.2 Å². The first-order chi connectivity index (χ1) is 44.0. The van der Waals surface area contributed by atoms with Crippen molar-refractivity contribution in [2.75, 3.05) is 25.6 Å². The first-order valence-electron chi connectivity index (χ1n) is 28.9. The maximum atomic E-state index is 14.4. The van der Waals surface area contributed by atoms with E-state index in [0.717, 1.165) is 49.0 Å². The van der Waals surface area contributed by atoms with Crippen molar-refractivity contribution in [2.45, 2.75) is 103 Å². The number of benzene rings is 1. The van der Waals surface area contributed by atoms with Crippen LogP contribution in [-0.4, -0.2) is 113 Å². The van der Waals surface area contributed by atoms with Gasteiger partial charge in [0, 0.05) is 52.3 Å². The zero-order chi connectivity index (χ0) is 63.9. The zero-order valence-electron chi connectivity index (χ0n) is 49.6. The molecule has 1 unspecified atom stereocenters. The summed E-state index contributed by atoms with van der Waals surface area (Å²) in [4.78, 5) is 137. The first-order valence-corrected chi connectivity index (χ1v) is 34.0. The fourth-order valence-corrected chi connectivity index (χ4v) is 15.7. The summed E-state index contributed by atoms with van der Waals surface area (Å²) in [6.07, 6.45) is 4.94. The minimum absolute atomic E-state index is 0.0248. The Hall–Kier alpha value is -8.65. The SMILES string of the molecule is CNC(=O)C[C@@H]1NC(=O)c2csc(n2)-c2ccc(-c3nc(N(Cc4ccnc(C(=O)O)c4)C(=O)OC4CCCCC4)cs3)nc2-c2csc(n2)-c2csc(n2)[C@H](Cc2ccccc2)NC(=O)CNC(=O)c2nc(sc2COC)C(C(C)C)NC(=O)c2nc1sc2C. The second-order valence-electron chi connectivity index (χ2n) is 21.6. The normalized spacial score (nSPS) is 16.7. The number of carbonyl (C=O) groups excluding carboxylic acids is 6. The van der Waals surface area contributed by atoms with E-state index in [-0.39, 0.29) is 60.2 Å². The lowest BCUT2D eigenvalue weighted by Crippen LogP contribution is -2.39. The number of hydrogen-bond donors (Lipinski definition) is 6. The molecule has 9 heterocycles. The van der Waals surface area contributed by atoms with Crippen LogP contribution in [0.25, 0.3) is 43.4 Å². The van der Waals surface area contributed by atoms with Crippen LogP contribution in [0, 0.1) is 12.8 Å². The first kappa shape index (κ1) is 63.9. The molecule has 0 saturated heterocycles.